The largest absolute Gasteiger partial charge is 0.573 e. The molecule has 2 aromatic heterocycles. The molecule has 6 nitrogen and oxygen atoms in total. The average Bonchev–Trinajstić information content (AvgIpc) is 3.12. The van der Waals surface area contributed by atoms with E-state index in [0.29, 0.717) is 33.2 Å². The SMILES string of the molecule is COc1cc(Nc2nc3cccc(Cl)c3n3ccnc23)ccc1OC(F)(F)F. The number of alkyl halides is 3. The van der Waals surface area contributed by atoms with Crippen LogP contribution in [0.15, 0.2) is 48.8 Å². The van der Waals surface area contributed by atoms with Crippen molar-refractivity contribution in [3.8, 4) is 11.5 Å². The number of benzene rings is 2. The van der Waals surface area contributed by atoms with E-state index in [0.717, 1.165) is 6.07 Å². The lowest BCUT2D eigenvalue weighted by atomic mass is 10.2. The van der Waals surface area contributed by atoms with Crippen LogP contribution in [0.3, 0.4) is 0 Å². The Bertz CT molecular complexity index is 1180. The van der Waals surface area contributed by atoms with E-state index < -0.39 is 12.1 Å². The smallest absolute Gasteiger partial charge is 0.493 e. The molecular weight excluding hydrogens is 397 g/mol. The molecule has 0 saturated heterocycles. The number of hydrogen-bond donors (Lipinski definition) is 1. The molecule has 0 atom stereocenters. The van der Waals surface area contributed by atoms with Crippen molar-refractivity contribution in [1.82, 2.24) is 14.4 Å². The summed E-state index contributed by atoms with van der Waals surface area (Å²) in [4.78, 5) is 8.83. The summed E-state index contributed by atoms with van der Waals surface area (Å²) in [5.74, 6) is -0.110. The Morgan fingerprint density at radius 3 is 2.71 bits per heavy atom. The van der Waals surface area contributed by atoms with Gasteiger partial charge in [0.05, 0.1) is 23.2 Å². The van der Waals surface area contributed by atoms with Gasteiger partial charge in [-0.15, -0.1) is 13.2 Å². The fourth-order valence-corrected chi connectivity index (χ4v) is 3.10. The Kier molecular flexibility index (Phi) is 4.38. The van der Waals surface area contributed by atoms with Crippen molar-refractivity contribution in [2.75, 3.05) is 12.4 Å². The van der Waals surface area contributed by atoms with Crippen LogP contribution in [-0.2, 0) is 0 Å². The maximum absolute atomic E-state index is 12.5. The van der Waals surface area contributed by atoms with Gasteiger partial charge < -0.3 is 14.8 Å². The molecule has 0 unspecified atom stereocenters. The molecule has 2 heterocycles. The molecule has 0 spiro atoms. The third kappa shape index (κ3) is 3.36. The van der Waals surface area contributed by atoms with Gasteiger partial charge in [0.2, 0.25) is 0 Å². The number of para-hydroxylation sites is 1. The zero-order chi connectivity index (χ0) is 19.9. The van der Waals surface area contributed by atoms with Crippen molar-refractivity contribution in [2.45, 2.75) is 6.36 Å². The van der Waals surface area contributed by atoms with Gasteiger partial charge in [-0.2, -0.15) is 0 Å². The van der Waals surface area contributed by atoms with Crippen molar-refractivity contribution in [3.05, 3.63) is 53.8 Å². The zero-order valence-corrected chi connectivity index (χ0v) is 15.0. The lowest BCUT2D eigenvalue weighted by molar-refractivity contribution is -0.275. The van der Waals surface area contributed by atoms with Crippen LogP contribution >= 0.6 is 11.6 Å². The van der Waals surface area contributed by atoms with Crippen molar-refractivity contribution < 1.29 is 22.6 Å². The van der Waals surface area contributed by atoms with Crippen LogP contribution in [-0.4, -0.2) is 27.8 Å². The van der Waals surface area contributed by atoms with Crippen molar-refractivity contribution in [2.24, 2.45) is 0 Å². The number of anilines is 2. The molecule has 0 radical (unpaired) electrons. The first kappa shape index (κ1) is 18.2. The van der Waals surface area contributed by atoms with Gasteiger partial charge in [0.15, 0.2) is 23.0 Å². The molecule has 0 aliphatic heterocycles. The number of aromatic nitrogens is 3. The minimum Gasteiger partial charge on any atom is -0.493 e. The Hall–Kier alpha value is -3.20. The normalized spacial score (nSPS) is 11.8. The Morgan fingerprint density at radius 1 is 1.14 bits per heavy atom. The third-order valence-corrected chi connectivity index (χ3v) is 4.25. The molecule has 28 heavy (non-hydrogen) atoms. The molecule has 4 rings (SSSR count). The monoisotopic (exact) mass is 408 g/mol. The molecule has 4 aromatic rings. The summed E-state index contributed by atoms with van der Waals surface area (Å²) in [7, 11) is 1.26. The van der Waals surface area contributed by atoms with E-state index in [1.807, 2.05) is 0 Å². The minimum atomic E-state index is -4.82. The van der Waals surface area contributed by atoms with Gasteiger partial charge in [-0.05, 0) is 24.3 Å². The van der Waals surface area contributed by atoms with E-state index in [2.05, 4.69) is 20.0 Å². The van der Waals surface area contributed by atoms with Crippen molar-refractivity contribution in [1.29, 1.82) is 0 Å². The Balaban J connectivity index is 1.76. The van der Waals surface area contributed by atoms with Crippen LogP contribution in [0, 0.1) is 0 Å². The first-order valence-electron chi connectivity index (χ1n) is 7.98. The molecule has 0 bridgehead atoms. The van der Waals surface area contributed by atoms with Gasteiger partial charge in [-0.3, -0.25) is 4.40 Å². The molecule has 0 saturated carbocycles. The molecule has 144 valence electrons. The number of ether oxygens (including phenoxy) is 2. The van der Waals surface area contributed by atoms with Crippen molar-refractivity contribution >= 4 is 39.8 Å². The lowest BCUT2D eigenvalue weighted by Gasteiger charge is -2.15. The first-order chi connectivity index (χ1) is 13.4. The Morgan fingerprint density at radius 2 is 1.96 bits per heavy atom. The topological polar surface area (TPSA) is 60.7 Å². The number of hydrogen-bond acceptors (Lipinski definition) is 5. The maximum Gasteiger partial charge on any atom is 0.573 e. The second-order valence-electron chi connectivity index (χ2n) is 5.73. The van der Waals surface area contributed by atoms with Gasteiger partial charge in [0.1, 0.15) is 0 Å². The number of imidazole rings is 1. The summed E-state index contributed by atoms with van der Waals surface area (Å²) >= 11 is 6.28. The highest BCUT2D eigenvalue weighted by molar-refractivity contribution is 6.35. The molecule has 1 N–H and O–H groups in total. The summed E-state index contributed by atoms with van der Waals surface area (Å²) in [6, 6.07) is 9.29. The van der Waals surface area contributed by atoms with Gasteiger partial charge in [0.25, 0.3) is 0 Å². The number of halogens is 4. The fraction of sp³-hybridized carbons (Fsp3) is 0.111. The number of methoxy groups -OCH3 is 1. The standard InChI is InChI=1S/C18H12ClF3N4O2/c1-27-14-9-10(5-6-13(14)28-18(20,21)22)24-16-17-23-7-8-26(17)15-11(19)3-2-4-12(15)25-16/h2-9H,1H3,(H,24,25). The number of nitrogens with one attached hydrogen (secondary N) is 1. The minimum absolute atomic E-state index is 0.0782. The highest BCUT2D eigenvalue weighted by Crippen LogP contribution is 2.35. The summed E-state index contributed by atoms with van der Waals surface area (Å²) in [6.07, 6.45) is -1.47. The van der Waals surface area contributed by atoms with Crippen molar-refractivity contribution in [3.63, 3.8) is 0 Å². The van der Waals surface area contributed by atoms with E-state index in [4.69, 9.17) is 16.3 Å². The van der Waals surface area contributed by atoms with E-state index in [1.165, 1.54) is 19.2 Å². The third-order valence-electron chi connectivity index (χ3n) is 3.94. The highest BCUT2D eigenvalue weighted by Gasteiger charge is 2.32. The Labute approximate surface area is 161 Å². The maximum atomic E-state index is 12.5. The number of nitrogens with zero attached hydrogens (tertiary/aromatic N) is 3. The van der Waals surface area contributed by atoms with E-state index >= 15 is 0 Å². The first-order valence-corrected chi connectivity index (χ1v) is 8.35. The van der Waals surface area contributed by atoms with Gasteiger partial charge in [-0.25, -0.2) is 9.97 Å². The van der Waals surface area contributed by atoms with Crippen LogP contribution in [0.25, 0.3) is 16.7 Å². The molecule has 0 amide bonds. The van der Waals surface area contributed by atoms with Crippen LogP contribution in [0.5, 0.6) is 11.5 Å². The van der Waals surface area contributed by atoms with Gasteiger partial charge in [0, 0.05) is 24.1 Å². The average molecular weight is 409 g/mol. The molecule has 0 fully saturated rings. The van der Waals surface area contributed by atoms with Crippen LogP contribution in [0.4, 0.5) is 24.7 Å². The summed E-state index contributed by atoms with van der Waals surface area (Å²) in [5, 5.41) is 3.58. The highest BCUT2D eigenvalue weighted by atomic mass is 35.5. The predicted octanol–water partition coefficient (Wildman–Crippen LogP) is 5.19. The number of fused-ring (bicyclic) bond motifs is 3. The molecule has 0 aliphatic rings. The molecule has 0 aliphatic carbocycles. The molecular formula is C18H12ClF3N4O2. The fourth-order valence-electron chi connectivity index (χ4n) is 2.84. The van der Waals surface area contributed by atoms with Crippen LogP contribution < -0.4 is 14.8 Å². The molecule has 2 aromatic carbocycles. The predicted molar refractivity (Wildman–Crippen MR) is 98.5 cm³/mol. The van der Waals surface area contributed by atoms with E-state index in [-0.39, 0.29) is 5.75 Å². The summed E-state index contributed by atoms with van der Waals surface area (Å²) in [5.41, 5.74) is 2.29. The van der Waals surface area contributed by atoms with Crippen LogP contribution in [0.2, 0.25) is 5.02 Å². The van der Waals surface area contributed by atoms with E-state index in [1.54, 1.807) is 35.0 Å². The van der Waals surface area contributed by atoms with E-state index in [9.17, 15) is 13.2 Å². The summed E-state index contributed by atoms with van der Waals surface area (Å²) in [6.45, 7) is 0. The molecule has 10 heteroatoms. The quantitative estimate of drug-likeness (QED) is 0.503. The van der Waals surface area contributed by atoms with Gasteiger partial charge >= 0.3 is 6.36 Å². The van der Waals surface area contributed by atoms with Gasteiger partial charge in [-0.1, -0.05) is 17.7 Å². The number of rotatable bonds is 4. The van der Waals surface area contributed by atoms with Crippen LogP contribution in [0.1, 0.15) is 0 Å². The summed E-state index contributed by atoms with van der Waals surface area (Å²) < 4.78 is 48.2. The second kappa shape index (κ2) is 6.75. The lowest BCUT2D eigenvalue weighted by Crippen LogP contribution is -2.17. The zero-order valence-electron chi connectivity index (χ0n) is 14.3. The second-order valence-corrected chi connectivity index (χ2v) is 6.13.